The molecule has 124 valence electrons. The second kappa shape index (κ2) is 9.58. The lowest BCUT2D eigenvalue weighted by Gasteiger charge is -2.08. The molecule has 0 aliphatic rings. The molecule has 2 rings (SSSR count). The predicted octanol–water partition coefficient (Wildman–Crippen LogP) is 2.68. The lowest BCUT2D eigenvalue weighted by atomic mass is 10.3. The van der Waals surface area contributed by atoms with Gasteiger partial charge in [0, 0.05) is 11.4 Å². The van der Waals surface area contributed by atoms with Crippen LogP contribution in [0.25, 0.3) is 0 Å². The van der Waals surface area contributed by atoms with Crippen molar-refractivity contribution in [2.75, 3.05) is 37.8 Å². The van der Waals surface area contributed by atoms with Gasteiger partial charge in [0.1, 0.15) is 11.5 Å². The third-order valence-corrected chi connectivity index (χ3v) is 3.29. The van der Waals surface area contributed by atoms with Gasteiger partial charge >= 0.3 is 0 Å². The van der Waals surface area contributed by atoms with E-state index >= 15 is 0 Å². The van der Waals surface area contributed by atoms with E-state index in [2.05, 4.69) is 5.32 Å². The minimum Gasteiger partial charge on any atom is -0.494 e. The molecule has 0 heterocycles. The molecule has 0 amide bonds. The molecule has 0 spiro atoms. The van der Waals surface area contributed by atoms with Crippen LogP contribution in [0.15, 0.2) is 48.5 Å². The lowest BCUT2D eigenvalue weighted by molar-refractivity contribution is 0.298. The van der Waals surface area contributed by atoms with Crippen LogP contribution < -0.4 is 26.3 Å². The molecule has 0 aromatic heterocycles. The average molecular weight is 315 g/mol. The minimum atomic E-state index is 0.693. The van der Waals surface area contributed by atoms with E-state index in [1.54, 1.807) is 0 Å². The highest BCUT2D eigenvalue weighted by atomic mass is 16.5. The highest BCUT2D eigenvalue weighted by Crippen LogP contribution is 2.13. The molecular formula is C18H25N3O2. The fraction of sp³-hybridized carbons (Fsp3) is 0.333. The molecule has 5 heteroatoms. The van der Waals surface area contributed by atoms with Crippen molar-refractivity contribution in [2.24, 2.45) is 0 Å². The smallest absolute Gasteiger partial charge is 0.119 e. The van der Waals surface area contributed by atoms with Gasteiger partial charge in [0.2, 0.25) is 0 Å². The number of hydrogen-bond donors (Lipinski definition) is 3. The Bertz CT molecular complexity index is 504. The van der Waals surface area contributed by atoms with E-state index in [1.807, 2.05) is 48.5 Å². The van der Waals surface area contributed by atoms with Crippen molar-refractivity contribution in [1.29, 1.82) is 0 Å². The number of rotatable bonds is 10. The zero-order valence-electron chi connectivity index (χ0n) is 13.3. The van der Waals surface area contributed by atoms with Crippen LogP contribution in [0.5, 0.6) is 11.5 Å². The highest BCUT2D eigenvalue weighted by molar-refractivity contribution is 5.42. The number of nitrogens with two attached hydrogens (primary N) is 2. The van der Waals surface area contributed by atoms with E-state index in [0.717, 1.165) is 48.8 Å². The van der Waals surface area contributed by atoms with Gasteiger partial charge in [-0.05, 0) is 74.5 Å². The quantitative estimate of drug-likeness (QED) is 0.464. The van der Waals surface area contributed by atoms with Crippen LogP contribution >= 0.6 is 0 Å². The largest absolute Gasteiger partial charge is 0.494 e. The van der Waals surface area contributed by atoms with E-state index in [0.29, 0.717) is 13.2 Å². The number of ether oxygens (including phenoxy) is 2. The first-order chi connectivity index (χ1) is 11.2. The second-order valence-corrected chi connectivity index (χ2v) is 5.29. The Kier molecular flexibility index (Phi) is 7.07. The van der Waals surface area contributed by atoms with E-state index in [-0.39, 0.29) is 0 Å². The molecule has 23 heavy (non-hydrogen) atoms. The molecule has 0 aliphatic carbocycles. The van der Waals surface area contributed by atoms with Crippen LogP contribution in [0.3, 0.4) is 0 Å². The van der Waals surface area contributed by atoms with Crippen LogP contribution in [0.4, 0.5) is 11.4 Å². The summed E-state index contributed by atoms with van der Waals surface area (Å²) in [6.45, 7) is 3.24. The first-order valence-electron chi connectivity index (χ1n) is 7.91. The molecule has 0 aliphatic heterocycles. The van der Waals surface area contributed by atoms with Crippen molar-refractivity contribution in [1.82, 2.24) is 5.32 Å². The van der Waals surface area contributed by atoms with Gasteiger partial charge in [-0.1, -0.05) is 0 Å². The van der Waals surface area contributed by atoms with Crippen molar-refractivity contribution in [3.63, 3.8) is 0 Å². The zero-order chi connectivity index (χ0) is 16.3. The SMILES string of the molecule is Nc1ccc(OCCCNCCCOc2ccc(N)cc2)cc1. The molecule has 2 aromatic carbocycles. The van der Waals surface area contributed by atoms with E-state index in [9.17, 15) is 0 Å². The Morgan fingerprint density at radius 3 is 1.43 bits per heavy atom. The normalized spacial score (nSPS) is 10.4. The van der Waals surface area contributed by atoms with Crippen LogP contribution in [0.1, 0.15) is 12.8 Å². The second-order valence-electron chi connectivity index (χ2n) is 5.29. The summed E-state index contributed by atoms with van der Waals surface area (Å²) < 4.78 is 11.3. The van der Waals surface area contributed by atoms with Gasteiger partial charge in [-0.2, -0.15) is 0 Å². The third-order valence-electron chi connectivity index (χ3n) is 3.29. The first-order valence-corrected chi connectivity index (χ1v) is 7.91. The highest BCUT2D eigenvalue weighted by Gasteiger charge is 1.95. The third kappa shape index (κ3) is 6.93. The maximum Gasteiger partial charge on any atom is 0.119 e. The fourth-order valence-corrected chi connectivity index (χ4v) is 2.03. The molecular weight excluding hydrogens is 290 g/mol. The molecule has 0 unspecified atom stereocenters. The standard InChI is InChI=1S/C18H25N3O2/c19-15-3-7-17(8-4-15)22-13-1-11-21-12-2-14-23-18-9-5-16(20)6-10-18/h3-10,21H,1-2,11-14,19-20H2. The van der Waals surface area contributed by atoms with Gasteiger partial charge in [-0.15, -0.1) is 0 Å². The number of nitrogen functional groups attached to an aromatic ring is 2. The molecule has 0 bridgehead atoms. The van der Waals surface area contributed by atoms with Gasteiger partial charge in [-0.25, -0.2) is 0 Å². The van der Waals surface area contributed by atoms with Gasteiger partial charge in [0.15, 0.2) is 0 Å². The molecule has 5 N–H and O–H groups in total. The molecule has 2 aromatic rings. The Balaban J connectivity index is 1.43. The van der Waals surface area contributed by atoms with E-state index in [4.69, 9.17) is 20.9 Å². The number of benzene rings is 2. The Morgan fingerprint density at radius 1 is 0.652 bits per heavy atom. The molecule has 0 saturated carbocycles. The number of hydrogen-bond acceptors (Lipinski definition) is 5. The lowest BCUT2D eigenvalue weighted by Crippen LogP contribution is -2.20. The van der Waals surface area contributed by atoms with Gasteiger partial charge in [0.25, 0.3) is 0 Å². The molecule has 0 fully saturated rings. The number of nitrogens with one attached hydrogen (secondary N) is 1. The topological polar surface area (TPSA) is 82.5 Å². The van der Waals surface area contributed by atoms with E-state index < -0.39 is 0 Å². The van der Waals surface area contributed by atoms with Crippen molar-refractivity contribution in [3.05, 3.63) is 48.5 Å². The Hall–Kier alpha value is -2.40. The van der Waals surface area contributed by atoms with Crippen molar-refractivity contribution in [3.8, 4) is 11.5 Å². The van der Waals surface area contributed by atoms with Gasteiger partial charge in [-0.3, -0.25) is 0 Å². The van der Waals surface area contributed by atoms with Gasteiger partial charge < -0.3 is 26.3 Å². The maximum absolute atomic E-state index is 5.63. The molecule has 0 radical (unpaired) electrons. The molecule has 0 atom stereocenters. The summed E-state index contributed by atoms with van der Waals surface area (Å²) in [4.78, 5) is 0. The Morgan fingerprint density at radius 2 is 1.04 bits per heavy atom. The van der Waals surface area contributed by atoms with Crippen molar-refractivity contribution < 1.29 is 9.47 Å². The molecule has 0 saturated heterocycles. The van der Waals surface area contributed by atoms with Crippen LogP contribution in [-0.4, -0.2) is 26.3 Å². The zero-order valence-corrected chi connectivity index (χ0v) is 13.3. The average Bonchev–Trinajstić information content (AvgIpc) is 2.56. The van der Waals surface area contributed by atoms with E-state index in [1.165, 1.54) is 0 Å². The van der Waals surface area contributed by atoms with Crippen LogP contribution in [0.2, 0.25) is 0 Å². The summed E-state index contributed by atoms with van der Waals surface area (Å²) in [7, 11) is 0. The van der Waals surface area contributed by atoms with Crippen LogP contribution in [0, 0.1) is 0 Å². The maximum atomic E-state index is 5.63. The summed E-state index contributed by atoms with van der Waals surface area (Å²) in [6, 6.07) is 14.9. The summed E-state index contributed by atoms with van der Waals surface area (Å²) in [5, 5.41) is 3.38. The van der Waals surface area contributed by atoms with Crippen molar-refractivity contribution >= 4 is 11.4 Å². The van der Waals surface area contributed by atoms with Crippen LogP contribution in [-0.2, 0) is 0 Å². The summed E-state index contributed by atoms with van der Waals surface area (Å²) >= 11 is 0. The predicted molar refractivity (Wildman–Crippen MR) is 94.8 cm³/mol. The van der Waals surface area contributed by atoms with Gasteiger partial charge in [0.05, 0.1) is 13.2 Å². The summed E-state index contributed by atoms with van der Waals surface area (Å²) in [6.07, 6.45) is 1.92. The first kappa shape index (κ1) is 17.0. The number of anilines is 2. The fourth-order valence-electron chi connectivity index (χ4n) is 2.03. The Labute approximate surface area is 137 Å². The van der Waals surface area contributed by atoms with Crippen molar-refractivity contribution in [2.45, 2.75) is 12.8 Å². The summed E-state index contributed by atoms with van der Waals surface area (Å²) in [5.74, 6) is 1.71. The monoisotopic (exact) mass is 315 g/mol. The minimum absolute atomic E-state index is 0.693. The summed E-state index contributed by atoms with van der Waals surface area (Å²) in [5.41, 5.74) is 12.7. The molecule has 5 nitrogen and oxygen atoms in total.